The number of carbonyl (C=O) groups excluding carboxylic acids is 1. The van der Waals surface area contributed by atoms with E-state index >= 15 is 0 Å². The second kappa shape index (κ2) is 5.68. The van der Waals surface area contributed by atoms with Crippen molar-refractivity contribution in [1.29, 1.82) is 0 Å². The summed E-state index contributed by atoms with van der Waals surface area (Å²) in [6, 6.07) is 0. The number of allylic oxidation sites excluding steroid dienone is 2. The molecule has 2 fully saturated rings. The molecule has 4 heteroatoms. The molecule has 3 N–H and O–H groups in total. The van der Waals surface area contributed by atoms with Crippen LogP contribution in [0, 0.1) is 22.7 Å². The number of carbonyl (C=O) groups is 1. The Kier molecular flexibility index (Phi) is 4.23. The molecule has 0 amide bonds. The SMILES string of the molecule is C[C@]12CCC[C@@](O)(CO)[C@@H]1CCC1=C[C@](C)(C(=O)CO)CC[C@@H]12. The van der Waals surface area contributed by atoms with Gasteiger partial charge in [0.1, 0.15) is 6.61 Å². The molecule has 0 spiro atoms. The number of hydrogen-bond donors (Lipinski definition) is 3. The molecule has 0 heterocycles. The molecule has 0 unspecified atom stereocenters. The zero-order valence-electron chi connectivity index (χ0n) is 14.3. The predicted octanol–water partition coefficient (Wildman–Crippen LogP) is 2.21. The molecule has 3 rings (SSSR count). The van der Waals surface area contributed by atoms with Gasteiger partial charge in [0.15, 0.2) is 5.78 Å². The summed E-state index contributed by atoms with van der Waals surface area (Å²) < 4.78 is 0. The topological polar surface area (TPSA) is 77.8 Å². The number of aliphatic hydroxyl groups is 3. The molecule has 0 aromatic carbocycles. The van der Waals surface area contributed by atoms with Crippen LogP contribution in [0.2, 0.25) is 0 Å². The van der Waals surface area contributed by atoms with Crippen LogP contribution < -0.4 is 0 Å². The molecule has 0 bridgehead atoms. The van der Waals surface area contributed by atoms with E-state index in [0.29, 0.717) is 12.3 Å². The molecule has 0 aliphatic heterocycles. The van der Waals surface area contributed by atoms with Crippen molar-refractivity contribution in [2.75, 3.05) is 13.2 Å². The van der Waals surface area contributed by atoms with Crippen LogP contribution in [-0.4, -0.2) is 39.9 Å². The summed E-state index contributed by atoms with van der Waals surface area (Å²) in [5.41, 5.74) is -0.142. The Bertz CT molecular complexity index is 527. The number of rotatable bonds is 3. The van der Waals surface area contributed by atoms with Crippen LogP contribution in [0.4, 0.5) is 0 Å². The molecule has 0 aromatic rings. The maximum absolute atomic E-state index is 12.1. The van der Waals surface area contributed by atoms with Crippen LogP contribution in [0.25, 0.3) is 0 Å². The van der Waals surface area contributed by atoms with Crippen molar-refractivity contribution in [3.8, 4) is 0 Å². The van der Waals surface area contributed by atoms with Gasteiger partial charge in [0.05, 0.1) is 12.2 Å². The lowest BCUT2D eigenvalue weighted by atomic mass is 9.47. The Labute approximate surface area is 138 Å². The number of ketones is 1. The summed E-state index contributed by atoms with van der Waals surface area (Å²) in [6.45, 7) is 3.66. The van der Waals surface area contributed by atoms with Gasteiger partial charge in [-0.25, -0.2) is 0 Å². The largest absolute Gasteiger partial charge is 0.393 e. The van der Waals surface area contributed by atoms with Gasteiger partial charge < -0.3 is 15.3 Å². The average Bonchev–Trinajstić information content (AvgIpc) is 2.53. The number of fused-ring (bicyclic) bond motifs is 3. The van der Waals surface area contributed by atoms with E-state index in [2.05, 4.69) is 13.0 Å². The summed E-state index contributed by atoms with van der Waals surface area (Å²) in [5, 5.41) is 29.9. The Hall–Kier alpha value is -0.710. The molecule has 2 saturated carbocycles. The van der Waals surface area contributed by atoms with Crippen LogP contribution in [0.3, 0.4) is 0 Å². The zero-order chi connectivity index (χ0) is 16.9. The van der Waals surface area contributed by atoms with E-state index in [4.69, 9.17) is 0 Å². The van der Waals surface area contributed by atoms with Crippen LogP contribution in [-0.2, 0) is 4.79 Å². The predicted molar refractivity (Wildman–Crippen MR) is 87.7 cm³/mol. The van der Waals surface area contributed by atoms with Crippen molar-refractivity contribution in [3.05, 3.63) is 11.6 Å². The van der Waals surface area contributed by atoms with Gasteiger partial charge in [0.2, 0.25) is 0 Å². The summed E-state index contributed by atoms with van der Waals surface area (Å²) >= 11 is 0. The van der Waals surface area contributed by atoms with Gasteiger partial charge >= 0.3 is 0 Å². The van der Waals surface area contributed by atoms with Gasteiger partial charge in [-0.05, 0) is 69.1 Å². The summed E-state index contributed by atoms with van der Waals surface area (Å²) in [7, 11) is 0. The van der Waals surface area contributed by atoms with Crippen molar-refractivity contribution in [2.45, 2.75) is 64.4 Å². The smallest absolute Gasteiger partial charge is 0.167 e. The van der Waals surface area contributed by atoms with Gasteiger partial charge in [0, 0.05) is 5.41 Å². The molecule has 0 saturated heterocycles. The molecule has 130 valence electrons. The third-order valence-corrected chi connectivity index (χ3v) is 7.25. The highest BCUT2D eigenvalue weighted by atomic mass is 16.3. The quantitative estimate of drug-likeness (QED) is 0.696. The number of Topliss-reactive ketones (excluding diaryl/α,β-unsaturated/α-hetero) is 1. The lowest BCUT2D eigenvalue weighted by Gasteiger charge is -2.59. The van der Waals surface area contributed by atoms with Crippen molar-refractivity contribution in [1.82, 2.24) is 0 Å². The Balaban J connectivity index is 1.94. The maximum atomic E-state index is 12.1. The van der Waals surface area contributed by atoms with Gasteiger partial charge in [0.25, 0.3) is 0 Å². The van der Waals surface area contributed by atoms with E-state index < -0.39 is 17.6 Å². The second-order valence-corrected chi connectivity index (χ2v) is 8.52. The summed E-state index contributed by atoms with van der Waals surface area (Å²) in [6.07, 6.45) is 8.29. The first kappa shape index (κ1) is 17.1. The highest BCUT2D eigenvalue weighted by molar-refractivity contribution is 5.87. The Morgan fingerprint density at radius 3 is 2.61 bits per heavy atom. The first-order chi connectivity index (χ1) is 10.8. The zero-order valence-corrected chi connectivity index (χ0v) is 14.3. The molecular weight excluding hydrogens is 292 g/mol. The second-order valence-electron chi connectivity index (χ2n) is 8.52. The first-order valence-corrected chi connectivity index (χ1v) is 8.98. The normalized spacial score (nSPS) is 46.6. The van der Waals surface area contributed by atoms with E-state index in [0.717, 1.165) is 38.5 Å². The minimum Gasteiger partial charge on any atom is -0.393 e. The standard InChI is InChI=1S/C19H30O4/c1-17(16(22)11-20)9-6-14-13(10-17)4-5-15-18(14,2)7-3-8-19(15,23)12-21/h10,14-15,20-21,23H,3-9,11-12H2,1-2H3/t14-,15+,17+,18+,19+/m0/s1. The third-order valence-electron chi connectivity index (χ3n) is 7.25. The van der Waals surface area contributed by atoms with E-state index in [1.807, 2.05) is 6.92 Å². The summed E-state index contributed by atoms with van der Waals surface area (Å²) in [4.78, 5) is 12.1. The molecule has 0 aromatic heterocycles. The van der Waals surface area contributed by atoms with Crippen LogP contribution in [0.1, 0.15) is 58.8 Å². The van der Waals surface area contributed by atoms with Crippen LogP contribution >= 0.6 is 0 Å². The number of hydrogen-bond acceptors (Lipinski definition) is 4. The number of aliphatic hydroxyl groups excluding tert-OH is 2. The molecule has 3 aliphatic carbocycles. The van der Waals surface area contributed by atoms with Gasteiger partial charge in [-0.3, -0.25) is 4.79 Å². The van der Waals surface area contributed by atoms with E-state index in [1.165, 1.54) is 5.57 Å². The van der Waals surface area contributed by atoms with Crippen molar-refractivity contribution >= 4 is 5.78 Å². The van der Waals surface area contributed by atoms with Crippen LogP contribution in [0.15, 0.2) is 11.6 Å². The van der Waals surface area contributed by atoms with Crippen molar-refractivity contribution in [2.24, 2.45) is 22.7 Å². The lowest BCUT2D eigenvalue weighted by Crippen LogP contribution is -2.57. The average molecular weight is 322 g/mol. The van der Waals surface area contributed by atoms with E-state index in [1.54, 1.807) is 0 Å². The van der Waals surface area contributed by atoms with Gasteiger partial charge in [-0.2, -0.15) is 0 Å². The molecular formula is C19H30O4. The van der Waals surface area contributed by atoms with Crippen molar-refractivity contribution < 1.29 is 20.1 Å². The monoisotopic (exact) mass is 322 g/mol. The summed E-state index contributed by atoms with van der Waals surface area (Å²) in [5.74, 6) is 0.430. The Morgan fingerprint density at radius 2 is 1.96 bits per heavy atom. The fourth-order valence-corrected chi connectivity index (χ4v) is 5.87. The Morgan fingerprint density at radius 1 is 1.22 bits per heavy atom. The van der Waals surface area contributed by atoms with Gasteiger partial charge in [-0.1, -0.05) is 18.6 Å². The van der Waals surface area contributed by atoms with Gasteiger partial charge in [-0.15, -0.1) is 0 Å². The van der Waals surface area contributed by atoms with Crippen LogP contribution in [0.5, 0.6) is 0 Å². The highest BCUT2D eigenvalue weighted by Gasteiger charge is 2.57. The van der Waals surface area contributed by atoms with Crippen molar-refractivity contribution in [3.63, 3.8) is 0 Å². The molecule has 5 atom stereocenters. The molecule has 23 heavy (non-hydrogen) atoms. The fourth-order valence-electron chi connectivity index (χ4n) is 5.87. The molecule has 4 nitrogen and oxygen atoms in total. The fraction of sp³-hybridized carbons (Fsp3) is 0.842. The first-order valence-electron chi connectivity index (χ1n) is 8.98. The highest BCUT2D eigenvalue weighted by Crippen LogP contribution is 2.61. The lowest BCUT2D eigenvalue weighted by molar-refractivity contribution is -0.159. The minimum absolute atomic E-state index is 0.00338. The molecule has 0 radical (unpaired) electrons. The van der Waals surface area contributed by atoms with E-state index in [-0.39, 0.29) is 23.7 Å². The molecule has 3 aliphatic rings. The van der Waals surface area contributed by atoms with E-state index in [9.17, 15) is 20.1 Å². The maximum Gasteiger partial charge on any atom is 0.167 e. The third kappa shape index (κ3) is 2.50. The minimum atomic E-state index is -0.944.